The molecule has 1 amide bonds. The minimum Gasteiger partial charge on any atom is -0.394 e. The Morgan fingerprint density at radius 2 is 2.00 bits per heavy atom. The third-order valence-electron chi connectivity index (χ3n) is 3.62. The number of benzene rings is 1. The van der Waals surface area contributed by atoms with Crippen LogP contribution < -0.4 is 5.32 Å². The first-order valence-electron chi connectivity index (χ1n) is 6.44. The van der Waals surface area contributed by atoms with Crippen LogP contribution in [-0.4, -0.2) is 36.4 Å². The number of carbonyl (C=O) groups excluding carboxylic acids is 1. The lowest BCUT2D eigenvalue weighted by molar-refractivity contribution is 0.0124. The molecule has 1 aromatic rings. The van der Waals surface area contributed by atoms with E-state index in [4.69, 9.17) is 4.74 Å². The molecule has 0 saturated carbocycles. The molecule has 20 heavy (non-hydrogen) atoms. The van der Waals surface area contributed by atoms with Crippen molar-refractivity contribution in [3.8, 4) is 0 Å². The Morgan fingerprint density at radius 1 is 1.35 bits per heavy atom. The molecular formula is C14H17F2NO3. The molecule has 0 aromatic heterocycles. The summed E-state index contributed by atoms with van der Waals surface area (Å²) in [5.74, 6) is -2.26. The van der Waals surface area contributed by atoms with Gasteiger partial charge in [-0.3, -0.25) is 4.79 Å². The van der Waals surface area contributed by atoms with Crippen molar-refractivity contribution < 1.29 is 23.4 Å². The third kappa shape index (κ3) is 2.96. The summed E-state index contributed by atoms with van der Waals surface area (Å²) in [6.07, 6.45) is 0.911. The lowest BCUT2D eigenvalue weighted by Crippen LogP contribution is -2.54. The van der Waals surface area contributed by atoms with Gasteiger partial charge in [-0.15, -0.1) is 0 Å². The Kier molecular flexibility index (Phi) is 4.35. The highest BCUT2D eigenvalue weighted by molar-refractivity contribution is 5.95. The van der Waals surface area contributed by atoms with Gasteiger partial charge in [-0.1, -0.05) is 0 Å². The van der Waals surface area contributed by atoms with E-state index in [1.165, 1.54) is 13.0 Å². The lowest BCUT2D eigenvalue weighted by Gasteiger charge is -2.36. The van der Waals surface area contributed by atoms with Crippen LogP contribution in [-0.2, 0) is 4.74 Å². The average Bonchev–Trinajstić information content (AvgIpc) is 2.43. The Balaban J connectivity index is 2.21. The number of hydrogen-bond donors (Lipinski definition) is 2. The second-order valence-corrected chi connectivity index (χ2v) is 5.09. The molecule has 1 aliphatic rings. The zero-order valence-electron chi connectivity index (χ0n) is 11.2. The molecule has 0 atom stereocenters. The fraction of sp³-hybridized carbons (Fsp3) is 0.500. The molecule has 2 rings (SSSR count). The number of ether oxygens (including phenoxy) is 1. The number of carbonyl (C=O) groups is 1. The van der Waals surface area contributed by atoms with Gasteiger partial charge >= 0.3 is 0 Å². The van der Waals surface area contributed by atoms with Gasteiger partial charge in [0.05, 0.1) is 17.7 Å². The molecule has 1 aliphatic heterocycles. The Labute approximate surface area is 115 Å². The van der Waals surface area contributed by atoms with Crippen LogP contribution in [0, 0.1) is 18.6 Å². The van der Waals surface area contributed by atoms with Gasteiger partial charge in [0.2, 0.25) is 0 Å². The van der Waals surface area contributed by atoms with E-state index in [-0.39, 0.29) is 17.7 Å². The summed E-state index contributed by atoms with van der Waals surface area (Å²) in [4.78, 5) is 12.1. The molecule has 1 aromatic carbocycles. The smallest absolute Gasteiger partial charge is 0.254 e. The van der Waals surface area contributed by atoms with E-state index in [9.17, 15) is 18.7 Å². The summed E-state index contributed by atoms with van der Waals surface area (Å²) in [6, 6.07) is 1.87. The molecule has 110 valence electrons. The van der Waals surface area contributed by atoms with Gasteiger partial charge in [-0.05, 0) is 31.4 Å². The topological polar surface area (TPSA) is 58.6 Å². The largest absolute Gasteiger partial charge is 0.394 e. The van der Waals surface area contributed by atoms with Crippen molar-refractivity contribution in [1.82, 2.24) is 5.32 Å². The monoisotopic (exact) mass is 285 g/mol. The van der Waals surface area contributed by atoms with E-state index >= 15 is 0 Å². The molecule has 0 aliphatic carbocycles. The van der Waals surface area contributed by atoms with Crippen molar-refractivity contribution in [3.63, 3.8) is 0 Å². The van der Waals surface area contributed by atoms with Crippen LogP contribution in [0.5, 0.6) is 0 Å². The van der Waals surface area contributed by atoms with E-state index in [0.717, 1.165) is 0 Å². The molecular weight excluding hydrogens is 268 g/mol. The molecule has 6 heteroatoms. The van der Waals surface area contributed by atoms with Crippen LogP contribution in [0.3, 0.4) is 0 Å². The van der Waals surface area contributed by atoms with Crippen molar-refractivity contribution in [1.29, 1.82) is 0 Å². The molecule has 1 saturated heterocycles. The fourth-order valence-corrected chi connectivity index (χ4v) is 2.22. The Bertz CT molecular complexity index is 513. The van der Waals surface area contributed by atoms with Gasteiger partial charge in [0.15, 0.2) is 0 Å². The van der Waals surface area contributed by atoms with Crippen LogP contribution in [0.1, 0.15) is 28.8 Å². The molecule has 1 heterocycles. The zero-order valence-corrected chi connectivity index (χ0v) is 11.2. The van der Waals surface area contributed by atoms with Crippen molar-refractivity contribution in [2.45, 2.75) is 25.3 Å². The van der Waals surface area contributed by atoms with E-state index in [1.807, 2.05) is 0 Å². The summed E-state index contributed by atoms with van der Waals surface area (Å²) in [7, 11) is 0. The molecule has 1 fully saturated rings. The van der Waals surface area contributed by atoms with Crippen LogP contribution in [0.15, 0.2) is 12.1 Å². The van der Waals surface area contributed by atoms with Crippen molar-refractivity contribution >= 4 is 5.91 Å². The first-order chi connectivity index (χ1) is 9.47. The van der Waals surface area contributed by atoms with Gasteiger partial charge in [0.25, 0.3) is 5.91 Å². The molecule has 0 unspecified atom stereocenters. The maximum Gasteiger partial charge on any atom is 0.254 e. The van der Waals surface area contributed by atoms with Crippen molar-refractivity contribution in [2.75, 3.05) is 19.8 Å². The normalized spacial score (nSPS) is 17.8. The number of nitrogens with one attached hydrogen (secondary N) is 1. The van der Waals surface area contributed by atoms with E-state index in [2.05, 4.69) is 5.32 Å². The number of aliphatic hydroxyl groups is 1. The zero-order chi connectivity index (χ0) is 14.8. The standard InChI is InChI=1S/C14H17F2NO3/c1-9-6-10(12(16)7-11(9)15)13(19)17-14(8-18)2-4-20-5-3-14/h6-7,18H,2-5,8H2,1H3,(H,17,19). The first kappa shape index (κ1) is 14.9. The minimum atomic E-state index is -0.911. The van der Waals surface area contributed by atoms with E-state index in [0.29, 0.717) is 32.1 Å². The average molecular weight is 285 g/mol. The lowest BCUT2D eigenvalue weighted by atomic mass is 9.90. The van der Waals surface area contributed by atoms with Crippen LogP contribution in [0.4, 0.5) is 8.78 Å². The first-order valence-corrected chi connectivity index (χ1v) is 6.44. The molecule has 0 bridgehead atoms. The number of hydrogen-bond acceptors (Lipinski definition) is 3. The van der Waals surface area contributed by atoms with Crippen LogP contribution >= 0.6 is 0 Å². The molecule has 0 spiro atoms. The molecule has 0 radical (unpaired) electrons. The van der Waals surface area contributed by atoms with Gasteiger partial charge < -0.3 is 15.2 Å². The highest BCUT2D eigenvalue weighted by Gasteiger charge is 2.34. The number of halogens is 2. The van der Waals surface area contributed by atoms with Crippen LogP contribution in [0.2, 0.25) is 0 Å². The predicted molar refractivity (Wildman–Crippen MR) is 68.4 cm³/mol. The number of amides is 1. The quantitative estimate of drug-likeness (QED) is 0.886. The maximum absolute atomic E-state index is 13.7. The molecule has 2 N–H and O–H groups in total. The summed E-state index contributed by atoms with van der Waals surface area (Å²) in [5.41, 5.74) is -0.825. The Morgan fingerprint density at radius 3 is 2.60 bits per heavy atom. The highest BCUT2D eigenvalue weighted by atomic mass is 19.1. The van der Waals surface area contributed by atoms with Crippen molar-refractivity contribution in [3.05, 3.63) is 34.9 Å². The summed E-state index contributed by atoms with van der Waals surface area (Å²) in [5, 5.41) is 12.1. The van der Waals surface area contributed by atoms with Gasteiger partial charge in [-0.25, -0.2) is 8.78 Å². The van der Waals surface area contributed by atoms with Crippen molar-refractivity contribution in [2.24, 2.45) is 0 Å². The maximum atomic E-state index is 13.7. The second-order valence-electron chi connectivity index (χ2n) is 5.09. The fourth-order valence-electron chi connectivity index (χ4n) is 2.22. The SMILES string of the molecule is Cc1cc(C(=O)NC2(CO)CCOCC2)c(F)cc1F. The summed E-state index contributed by atoms with van der Waals surface area (Å²) < 4.78 is 32.1. The van der Waals surface area contributed by atoms with Gasteiger partial charge in [0, 0.05) is 19.3 Å². The highest BCUT2D eigenvalue weighted by Crippen LogP contribution is 2.22. The Hall–Kier alpha value is -1.53. The van der Waals surface area contributed by atoms with E-state index < -0.39 is 23.1 Å². The number of aryl methyl sites for hydroxylation is 1. The van der Waals surface area contributed by atoms with Gasteiger partial charge in [-0.2, -0.15) is 0 Å². The number of aliphatic hydroxyl groups excluding tert-OH is 1. The van der Waals surface area contributed by atoms with E-state index in [1.54, 1.807) is 0 Å². The summed E-state index contributed by atoms with van der Waals surface area (Å²) >= 11 is 0. The van der Waals surface area contributed by atoms with Crippen LogP contribution in [0.25, 0.3) is 0 Å². The number of rotatable bonds is 3. The van der Waals surface area contributed by atoms with Gasteiger partial charge in [0.1, 0.15) is 11.6 Å². The molecule has 4 nitrogen and oxygen atoms in total. The minimum absolute atomic E-state index is 0.196. The predicted octanol–water partition coefficient (Wildman–Crippen LogP) is 1.54. The summed E-state index contributed by atoms with van der Waals surface area (Å²) in [6.45, 7) is 2.06. The second kappa shape index (κ2) is 5.85. The third-order valence-corrected chi connectivity index (χ3v) is 3.62.